The molecular formula is C21H32ClN3O2. The summed E-state index contributed by atoms with van der Waals surface area (Å²) in [6, 6.07) is 7.87. The minimum Gasteiger partial charge on any atom is -0.342 e. The first-order valence-corrected chi connectivity index (χ1v) is 9.86. The van der Waals surface area contributed by atoms with E-state index in [1.54, 1.807) is 0 Å². The third-order valence-corrected chi connectivity index (χ3v) is 5.95. The zero-order valence-electron chi connectivity index (χ0n) is 16.4. The zero-order chi connectivity index (χ0) is 18.7. The van der Waals surface area contributed by atoms with Crippen molar-refractivity contribution in [2.75, 3.05) is 26.2 Å². The number of benzene rings is 1. The number of hydrogen-bond donors (Lipinski definition) is 1. The summed E-state index contributed by atoms with van der Waals surface area (Å²) in [7, 11) is 0. The molecule has 2 aliphatic heterocycles. The van der Waals surface area contributed by atoms with Gasteiger partial charge in [0.1, 0.15) is 0 Å². The number of likely N-dealkylation sites (tertiary alicyclic amines) is 2. The van der Waals surface area contributed by atoms with Crippen LogP contribution in [0.15, 0.2) is 24.3 Å². The zero-order valence-corrected chi connectivity index (χ0v) is 17.2. The number of aryl methyl sites for hydroxylation is 1. The molecule has 0 saturated carbocycles. The first-order chi connectivity index (χ1) is 12.5. The maximum atomic E-state index is 12.9. The lowest BCUT2D eigenvalue weighted by molar-refractivity contribution is -0.138. The van der Waals surface area contributed by atoms with Crippen LogP contribution in [0.4, 0.5) is 0 Å². The van der Waals surface area contributed by atoms with Gasteiger partial charge in [0.15, 0.2) is 0 Å². The van der Waals surface area contributed by atoms with Gasteiger partial charge in [-0.1, -0.05) is 17.7 Å². The van der Waals surface area contributed by atoms with Crippen molar-refractivity contribution in [2.24, 2.45) is 17.6 Å². The van der Waals surface area contributed by atoms with E-state index in [0.29, 0.717) is 18.0 Å². The Balaban J connectivity index is 0.00000261. The van der Waals surface area contributed by atoms with E-state index in [2.05, 4.69) is 6.92 Å². The normalized spacial score (nSPS) is 22.1. The van der Waals surface area contributed by atoms with Gasteiger partial charge in [-0.15, -0.1) is 12.4 Å². The molecular weight excluding hydrogens is 362 g/mol. The highest BCUT2D eigenvalue weighted by molar-refractivity contribution is 5.94. The molecule has 0 aliphatic carbocycles. The Labute approximate surface area is 168 Å². The van der Waals surface area contributed by atoms with E-state index in [-0.39, 0.29) is 36.2 Å². The van der Waals surface area contributed by atoms with Crippen LogP contribution in [-0.4, -0.2) is 53.8 Å². The number of nitrogens with zero attached hydrogens (tertiary/aromatic N) is 2. The molecule has 0 radical (unpaired) electrons. The molecule has 0 bridgehead atoms. The molecule has 2 heterocycles. The summed E-state index contributed by atoms with van der Waals surface area (Å²) in [6.07, 6.45) is 3.75. The van der Waals surface area contributed by atoms with Crippen molar-refractivity contribution in [1.82, 2.24) is 9.80 Å². The minimum atomic E-state index is -0.0648. The molecule has 2 N–H and O–H groups in total. The molecule has 0 aromatic heterocycles. The highest BCUT2D eigenvalue weighted by Crippen LogP contribution is 2.25. The third kappa shape index (κ3) is 5.23. The Hall–Kier alpha value is -1.59. The maximum absolute atomic E-state index is 12.9. The van der Waals surface area contributed by atoms with E-state index in [4.69, 9.17) is 5.73 Å². The number of carbonyl (C=O) groups is 2. The van der Waals surface area contributed by atoms with E-state index >= 15 is 0 Å². The number of halogens is 1. The fraction of sp³-hybridized carbons (Fsp3) is 0.619. The van der Waals surface area contributed by atoms with Gasteiger partial charge in [-0.3, -0.25) is 9.59 Å². The molecule has 0 spiro atoms. The minimum absolute atomic E-state index is 0. The van der Waals surface area contributed by atoms with Crippen molar-refractivity contribution in [3.63, 3.8) is 0 Å². The second-order valence-corrected chi connectivity index (χ2v) is 7.98. The molecule has 2 unspecified atom stereocenters. The summed E-state index contributed by atoms with van der Waals surface area (Å²) in [5.74, 6) is 0.711. The number of carbonyl (C=O) groups excluding carboxylic acids is 2. The molecule has 150 valence electrons. The van der Waals surface area contributed by atoms with Crippen LogP contribution in [0.25, 0.3) is 0 Å². The van der Waals surface area contributed by atoms with Gasteiger partial charge in [-0.2, -0.15) is 0 Å². The predicted molar refractivity (Wildman–Crippen MR) is 110 cm³/mol. The number of rotatable bonds is 3. The molecule has 1 aromatic rings. The van der Waals surface area contributed by atoms with Gasteiger partial charge in [0.2, 0.25) is 5.91 Å². The molecule has 3 rings (SSSR count). The van der Waals surface area contributed by atoms with Crippen LogP contribution in [-0.2, 0) is 4.79 Å². The van der Waals surface area contributed by atoms with E-state index in [0.717, 1.165) is 50.9 Å². The van der Waals surface area contributed by atoms with Gasteiger partial charge in [-0.05, 0) is 57.6 Å². The van der Waals surface area contributed by atoms with Crippen molar-refractivity contribution in [2.45, 2.75) is 45.6 Å². The number of hydrogen-bond acceptors (Lipinski definition) is 3. The Morgan fingerprint density at radius 2 is 1.67 bits per heavy atom. The van der Waals surface area contributed by atoms with Gasteiger partial charge in [0, 0.05) is 37.8 Å². The Morgan fingerprint density at radius 3 is 2.26 bits per heavy atom. The van der Waals surface area contributed by atoms with Gasteiger partial charge in [0.25, 0.3) is 5.91 Å². The summed E-state index contributed by atoms with van der Waals surface area (Å²) >= 11 is 0. The summed E-state index contributed by atoms with van der Waals surface area (Å²) < 4.78 is 0. The van der Waals surface area contributed by atoms with Crippen LogP contribution < -0.4 is 5.73 Å². The van der Waals surface area contributed by atoms with Gasteiger partial charge >= 0.3 is 0 Å². The average Bonchev–Trinajstić information content (AvgIpc) is 2.67. The van der Waals surface area contributed by atoms with E-state index in [9.17, 15) is 9.59 Å². The fourth-order valence-corrected chi connectivity index (χ4v) is 4.15. The lowest BCUT2D eigenvalue weighted by Crippen LogP contribution is -2.49. The van der Waals surface area contributed by atoms with Gasteiger partial charge in [-0.25, -0.2) is 0 Å². The molecule has 2 aliphatic rings. The fourth-order valence-electron chi connectivity index (χ4n) is 4.15. The molecule has 2 atom stereocenters. The second-order valence-electron chi connectivity index (χ2n) is 7.98. The lowest BCUT2D eigenvalue weighted by Gasteiger charge is -2.38. The Morgan fingerprint density at radius 1 is 1.04 bits per heavy atom. The van der Waals surface area contributed by atoms with Crippen LogP contribution >= 0.6 is 12.4 Å². The number of nitrogens with two attached hydrogens (primary N) is 1. The van der Waals surface area contributed by atoms with Crippen LogP contribution in [0, 0.1) is 18.8 Å². The third-order valence-electron chi connectivity index (χ3n) is 5.95. The molecule has 27 heavy (non-hydrogen) atoms. The predicted octanol–water partition coefficient (Wildman–Crippen LogP) is 2.85. The summed E-state index contributed by atoms with van der Waals surface area (Å²) in [4.78, 5) is 29.5. The van der Waals surface area contributed by atoms with E-state index < -0.39 is 0 Å². The number of amides is 2. The van der Waals surface area contributed by atoms with Crippen molar-refractivity contribution < 1.29 is 9.59 Å². The van der Waals surface area contributed by atoms with Crippen LogP contribution in [0.2, 0.25) is 0 Å². The van der Waals surface area contributed by atoms with Gasteiger partial charge in [0.05, 0.1) is 5.92 Å². The molecule has 6 heteroatoms. The van der Waals surface area contributed by atoms with Crippen molar-refractivity contribution in [3.8, 4) is 0 Å². The molecule has 2 amide bonds. The first-order valence-electron chi connectivity index (χ1n) is 9.86. The van der Waals surface area contributed by atoms with Crippen molar-refractivity contribution >= 4 is 24.2 Å². The highest BCUT2D eigenvalue weighted by Gasteiger charge is 2.33. The largest absolute Gasteiger partial charge is 0.342 e. The average molecular weight is 394 g/mol. The quantitative estimate of drug-likeness (QED) is 0.858. The van der Waals surface area contributed by atoms with Crippen molar-refractivity contribution in [3.05, 3.63) is 35.4 Å². The lowest BCUT2D eigenvalue weighted by atomic mass is 9.89. The van der Waals surface area contributed by atoms with Gasteiger partial charge < -0.3 is 15.5 Å². The monoisotopic (exact) mass is 393 g/mol. The Kier molecular flexibility index (Phi) is 7.68. The SMILES string of the molecule is Cc1ccc(C(=O)N2CCCC(C(=O)N3CCC(C(C)N)CC3)C2)cc1.Cl. The van der Waals surface area contributed by atoms with Crippen LogP contribution in [0.5, 0.6) is 0 Å². The highest BCUT2D eigenvalue weighted by atomic mass is 35.5. The summed E-state index contributed by atoms with van der Waals surface area (Å²) in [5, 5.41) is 0. The summed E-state index contributed by atoms with van der Waals surface area (Å²) in [5.41, 5.74) is 7.85. The maximum Gasteiger partial charge on any atom is 0.253 e. The molecule has 5 nitrogen and oxygen atoms in total. The standard InChI is InChI=1S/C21H31N3O2.ClH/c1-15-5-7-18(8-6-15)20(25)24-11-3-4-19(14-24)21(26)23-12-9-17(10-13-23)16(2)22;/h5-8,16-17,19H,3-4,9-14,22H2,1-2H3;1H. The van der Waals surface area contributed by atoms with E-state index in [1.165, 1.54) is 0 Å². The number of piperidine rings is 2. The first kappa shape index (κ1) is 21.7. The van der Waals surface area contributed by atoms with Crippen molar-refractivity contribution in [1.29, 1.82) is 0 Å². The topological polar surface area (TPSA) is 66.6 Å². The van der Waals surface area contributed by atoms with Crippen LogP contribution in [0.1, 0.15) is 48.5 Å². The summed E-state index contributed by atoms with van der Waals surface area (Å²) in [6.45, 7) is 6.94. The second kappa shape index (κ2) is 9.56. The Bertz CT molecular complexity index is 639. The molecule has 2 fully saturated rings. The van der Waals surface area contributed by atoms with Crippen LogP contribution in [0.3, 0.4) is 0 Å². The van der Waals surface area contributed by atoms with E-state index in [1.807, 2.05) is 41.0 Å². The smallest absolute Gasteiger partial charge is 0.253 e. The molecule has 2 saturated heterocycles. The molecule has 1 aromatic carbocycles.